The van der Waals surface area contributed by atoms with Gasteiger partial charge >= 0.3 is 0 Å². The van der Waals surface area contributed by atoms with Crippen molar-refractivity contribution in [3.63, 3.8) is 0 Å². The topological polar surface area (TPSA) is 17.1 Å². The highest BCUT2D eigenvalue weighted by atomic mass is 28.1. The Balaban J connectivity index is 2.85. The molecule has 0 aliphatic carbocycles. The van der Waals surface area contributed by atoms with Gasteiger partial charge in [-0.3, -0.25) is 0 Å². The Morgan fingerprint density at radius 2 is 1.00 bits per heavy atom. The highest BCUT2D eigenvalue weighted by molar-refractivity contribution is 6.08. The molecule has 0 spiro atoms. The second-order valence-electron chi connectivity index (χ2n) is 4.84. The summed E-state index contributed by atoms with van der Waals surface area (Å²) in [5, 5.41) is 0. The van der Waals surface area contributed by atoms with E-state index in [0.717, 1.165) is 19.1 Å². The average molecular weight is 242 g/mol. The lowest BCUT2D eigenvalue weighted by molar-refractivity contribution is -0.107. The molecular weight excluding hydrogens is 212 g/mol. The molecule has 0 fully saturated rings. The standard InChI is InChI=1S/C14H30OSi/c15-13-11-9-7-5-3-1-2-4-6-8-10-12-14-16/h13H,1-12,14H2,16H3. The number of hydrogen-bond donors (Lipinski definition) is 0. The highest BCUT2D eigenvalue weighted by Gasteiger charge is 1.92. The first-order valence-electron chi connectivity index (χ1n) is 7.35. The van der Waals surface area contributed by atoms with Gasteiger partial charge in [0.1, 0.15) is 6.29 Å². The van der Waals surface area contributed by atoms with Crippen LogP contribution in [0.25, 0.3) is 0 Å². The second-order valence-corrected chi connectivity index (χ2v) is 5.84. The molecule has 0 aromatic carbocycles. The fourth-order valence-electron chi connectivity index (χ4n) is 2.07. The summed E-state index contributed by atoms with van der Waals surface area (Å²) < 4.78 is 0. The molecular formula is C14H30OSi. The third-order valence-electron chi connectivity index (χ3n) is 3.18. The van der Waals surface area contributed by atoms with Crippen LogP contribution in [0.15, 0.2) is 0 Å². The van der Waals surface area contributed by atoms with Gasteiger partial charge in [0.2, 0.25) is 0 Å². The van der Waals surface area contributed by atoms with Crippen LogP contribution in [0.3, 0.4) is 0 Å². The van der Waals surface area contributed by atoms with Gasteiger partial charge in [-0.1, -0.05) is 70.3 Å². The van der Waals surface area contributed by atoms with E-state index < -0.39 is 0 Å². The van der Waals surface area contributed by atoms with E-state index >= 15 is 0 Å². The van der Waals surface area contributed by atoms with Gasteiger partial charge in [0.15, 0.2) is 0 Å². The maximum atomic E-state index is 10.1. The van der Waals surface area contributed by atoms with E-state index in [4.69, 9.17) is 0 Å². The molecule has 0 bridgehead atoms. The molecule has 2 heteroatoms. The average Bonchev–Trinajstić information content (AvgIpc) is 2.31. The predicted octanol–water partition coefficient (Wildman–Crippen LogP) is 3.65. The van der Waals surface area contributed by atoms with Crippen LogP contribution in [0.2, 0.25) is 6.04 Å². The van der Waals surface area contributed by atoms with Gasteiger partial charge < -0.3 is 4.79 Å². The lowest BCUT2D eigenvalue weighted by Crippen LogP contribution is -1.83. The minimum atomic E-state index is 0.764. The summed E-state index contributed by atoms with van der Waals surface area (Å²) in [5.74, 6) is 0. The minimum absolute atomic E-state index is 0.764. The fraction of sp³-hybridized carbons (Fsp3) is 0.929. The van der Waals surface area contributed by atoms with E-state index in [9.17, 15) is 4.79 Å². The summed E-state index contributed by atoms with van der Waals surface area (Å²) in [6.07, 6.45) is 17.0. The van der Waals surface area contributed by atoms with E-state index in [2.05, 4.69) is 0 Å². The van der Waals surface area contributed by atoms with Gasteiger partial charge in [-0.15, -0.1) is 0 Å². The first-order valence-corrected chi connectivity index (χ1v) is 8.77. The van der Waals surface area contributed by atoms with E-state index in [-0.39, 0.29) is 0 Å². The number of carbonyl (C=O) groups excluding carboxylic acids is 1. The minimum Gasteiger partial charge on any atom is -0.303 e. The summed E-state index contributed by atoms with van der Waals surface area (Å²) in [6.45, 7) is 0. The summed E-state index contributed by atoms with van der Waals surface area (Å²) in [4.78, 5) is 10.1. The second kappa shape index (κ2) is 14.9. The molecule has 0 heterocycles. The van der Waals surface area contributed by atoms with Crippen molar-refractivity contribution in [1.82, 2.24) is 0 Å². The molecule has 16 heavy (non-hydrogen) atoms. The predicted molar refractivity (Wildman–Crippen MR) is 76.2 cm³/mol. The van der Waals surface area contributed by atoms with E-state index in [1.54, 1.807) is 0 Å². The van der Waals surface area contributed by atoms with Crippen molar-refractivity contribution in [2.45, 2.75) is 83.1 Å². The molecule has 0 aromatic rings. The fourth-order valence-corrected chi connectivity index (χ4v) is 2.57. The summed E-state index contributed by atoms with van der Waals surface area (Å²) in [6, 6.07) is 1.49. The van der Waals surface area contributed by atoms with Gasteiger partial charge in [0.25, 0.3) is 0 Å². The van der Waals surface area contributed by atoms with Crippen LogP contribution in [-0.2, 0) is 4.79 Å². The monoisotopic (exact) mass is 242 g/mol. The lowest BCUT2D eigenvalue weighted by Gasteiger charge is -2.01. The zero-order valence-electron chi connectivity index (χ0n) is 11.2. The molecule has 96 valence electrons. The van der Waals surface area contributed by atoms with Crippen molar-refractivity contribution in [2.24, 2.45) is 0 Å². The van der Waals surface area contributed by atoms with Crippen molar-refractivity contribution >= 4 is 16.5 Å². The van der Waals surface area contributed by atoms with Gasteiger partial charge in [-0.25, -0.2) is 0 Å². The van der Waals surface area contributed by atoms with Crippen LogP contribution in [-0.4, -0.2) is 16.5 Å². The van der Waals surface area contributed by atoms with Crippen LogP contribution in [0.4, 0.5) is 0 Å². The molecule has 1 nitrogen and oxygen atoms in total. The van der Waals surface area contributed by atoms with Gasteiger partial charge in [0.05, 0.1) is 0 Å². The maximum Gasteiger partial charge on any atom is 0.119 e. The van der Waals surface area contributed by atoms with Crippen molar-refractivity contribution in [3.05, 3.63) is 0 Å². The van der Waals surface area contributed by atoms with Crippen molar-refractivity contribution in [3.8, 4) is 0 Å². The molecule has 0 rings (SSSR count). The Kier molecular flexibility index (Phi) is 14.8. The quantitative estimate of drug-likeness (QED) is 0.274. The first kappa shape index (κ1) is 15.9. The smallest absolute Gasteiger partial charge is 0.119 e. The molecule has 0 atom stereocenters. The molecule has 0 saturated carbocycles. The summed E-state index contributed by atoms with van der Waals surface area (Å²) in [7, 11) is 1.39. The number of hydrogen-bond acceptors (Lipinski definition) is 1. The maximum absolute atomic E-state index is 10.1. The normalized spacial score (nSPS) is 10.8. The molecule has 0 aliphatic rings. The molecule has 0 N–H and O–H groups in total. The Morgan fingerprint density at radius 3 is 1.38 bits per heavy atom. The number of unbranched alkanes of at least 4 members (excludes halogenated alkanes) is 11. The van der Waals surface area contributed by atoms with E-state index in [1.807, 2.05) is 0 Å². The van der Waals surface area contributed by atoms with Crippen LogP contribution in [0, 0.1) is 0 Å². The number of carbonyl (C=O) groups is 1. The van der Waals surface area contributed by atoms with Crippen LogP contribution >= 0.6 is 0 Å². The summed E-state index contributed by atoms with van der Waals surface area (Å²) in [5.41, 5.74) is 0. The largest absolute Gasteiger partial charge is 0.303 e. The van der Waals surface area contributed by atoms with Crippen LogP contribution in [0.1, 0.15) is 77.0 Å². The van der Waals surface area contributed by atoms with Crippen molar-refractivity contribution in [1.29, 1.82) is 0 Å². The van der Waals surface area contributed by atoms with Gasteiger partial charge in [-0.05, 0) is 6.42 Å². The Hall–Kier alpha value is -0.113. The number of aldehydes is 1. The molecule has 0 unspecified atom stereocenters. The van der Waals surface area contributed by atoms with Crippen molar-refractivity contribution < 1.29 is 4.79 Å². The zero-order valence-corrected chi connectivity index (χ0v) is 13.2. The van der Waals surface area contributed by atoms with E-state index in [0.29, 0.717) is 0 Å². The Bertz CT molecular complexity index is 137. The lowest BCUT2D eigenvalue weighted by atomic mass is 10.1. The molecule has 0 aromatic heterocycles. The summed E-state index contributed by atoms with van der Waals surface area (Å²) >= 11 is 0. The van der Waals surface area contributed by atoms with Crippen LogP contribution < -0.4 is 0 Å². The Morgan fingerprint density at radius 1 is 0.625 bits per heavy atom. The van der Waals surface area contributed by atoms with Gasteiger partial charge in [0, 0.05) is 16.7 Å². The van der Waals surface area contributed by atoms with Gasteiger partial charge in [-0.2, -0.15) is 0 Å². The molecule has 0 amide bonds. The third kappa shape index (κ3) is 13.9. The molecule has 0 radical (unpaired) electrons. The third-order valence-corrected chi connectivity index (χ3v) is 3.88. The molecule has 0 saturated heterocycles. The Labute approximate surface area is 105 Å². The number of rotatable bonds is 13. The van der Waals surface area contributed by atoms with Crippen LogP contribution in [0.5, 0.6) is 0 Å². The highest BCUT2D eigenvalue weighted by Crippen LogP contribution is 2.11. The molecule has 0 aliphatic heterocycles. The first-order chi connectivity index (χ1) is 7.91. The van der Waals surface area contributed by atoms with Crippen molar-refractivity contribution in [2.75, 3.05) is 0 Å². The van der Waals surface area contributed by atoms with E-state index in [1.165, 1.54) is 80.5 Å². The SMILES string of the molecule is O=CCCCCCCCCCCCCC[SiH3]. The zero-order chi connectivity index (χ0) is 11.9.